The van der Waals surface area contributed by atoms with Gasteiger partial charge in [-0.05, 0) is 19.1 Å². The third-order valence-corrected chi connectivity index (χ3v) is 3.16. The van der Waals surface area contributed by atoms with Gasteiger partial charge in [0.2, 0.25) is 0 Å². The van der Waals surface area contributed by atoms with E-state index < -0.39 is 0 Å². The van der Waals surface area contributed by atoms with Gasteiger partial charge in [-0.2, -0.15) is 11.8 Å². The van der Waals surface area contributed by atoms with Gasteiger partial charge in [-0.1, -0.05) is 6.92 Å². The molecule has 0 saturated carbocycles. The summed E-state index contributed by atoms with van der Waals surface area (Å²) in [5.41, 5.74) is 0. The highest BCUT2D eigenvalue weighted by atomic mass is 35.5. The molecule has 1 nitrogen and oxygen atoms in total. The molecular formula is C8H17ClOS. The molecule has 0 aliphatic rings. The second-order valence-electron chi connectivity index (χ2n) is 2.39. The van der Waals surface area contributed by atoms with Crippen LogP contribution in [0.25, 0.3) is 0 Å². The van der Waals surface area contributed by atoms with Crippen LogP contribution in [0.3, 0.4) is 0 Å². The molecule has 0 heterocycles. The van der Waals surface area contributed by atoms with E-state index in [-0.39, 0.29) is 0 Å². The lowest BCUT2D eigenvalue weighted by molar-refractivity contribution is 0.149. The second-order valence-corrected chi connectivity index (χ2v) is 4.24. The van der Waals surface area contributed by atoms with Gasteiger partial charge < -0.3 is 4.74 Å². The van der Waals surface area contributed by atoms with Gasteiger partial charge in [0.1, 0.15) is 0 Å². The molecule has 0 spiro atoms. The lowest BCUT2D eigenvalue weighted by Crippen LogP contribution is -2.01. The van der Waals surface area contributed by atoms with Gasteiger partial charge in [-0.25, -0.2) is 0 Å². The minimum absolute atomic E-state index is 0.582. The molecule has 0 bridgehead atoms. The zero-order valence-corrected chi connectivity index (χ0v) is 8.88. The molecule has 0 aromatic heterocycles. The number of hydrogen-bond donors (Lipinski definition) is 0. The summed E-state index contributed by atoms with van der Waals surface area (Å²) in [5, 5.41) is 0.582. The predicted molar refractivity (Wildman–Crippen MR) is 53.8 cm³/mol. The fraction of sp³-hybridized carbons (Fsp3) is 1.00. The molecule has 0 aromatic rings. The van der Waals surface area contributed by atoms with Crippen LogP contribution in [0.15, 0.2) is 0 Å². The summed E-state index contributed by atoms with van der Waals surface area (Å²) < 4.78 is 5.20. The molecule has 1 unspecified atom stereocenters. The minimum Gasteiger partial charge on any atom is -0.382 e. The quantitative estimate of drug-likeness (QED) is 0.458. The average Bonchev–Trinajstić information content (AvgIpc) is 2.04. The third kappa shape index (κ3) is 8.51. The van der Waals surface area contributed by atoms with Crippen LogP contribution < -0.4 is 0 Å². The lowest BCUT2D eigenvalue weighted by Gasteiger charge is -2.06. The summed E-state index contributed by atoms with van der Waals surface area (Å²) in [6.45, 7) is 5.89. The molecule has 3 heteroatoms. The molecule has 0 N–H and O–H groups in total. The number of alkyl halides is 1. The van der Waals surface area contributed by atoms with Crippen molar-refractivity contribution in [2.24, 2.45) is 0 Å². The molecule has 11 heavy (non-hydrogen) atoms. The highest BCUT2D eigenvalue weighted by Crippen LogP contribution is 2.12. The van der Waals surface area contributed by atoms with Crippen molar-refractivity contribution in [3.05, 3.63) is 0 Å². The molecule has 0 amide bonds. The van der Waals surface area contributed by atoms with Gasteiger partial charge in [-0.3, -0.25) is 0 Å². The molecule has 0 aliphatic carbocycles. The van der Waals surface area contributed by atoms with Crippen molar-refractivity contribution in [1.29, 1.82) is 0 Å². The van der Waals surface area contributed by atoms with Crippen molar-refractivity contribution in [2.45, 2.75) is 25.5 Å². The van der Waals surface area contributed by atoms with Crippen molar-refractivity contribution < 1.29 is 4.74 Å². The van der Waals surface area contributed by atoms with E-state index in [9.17, 15) is 0 Å². The number of thioether (sulfide) groups is 1. The lowest BCUT2D eigenvalue weighted by atomic mass is 10.5. The Labute approximate surface area is 78.8 Å². The first-order valence-electron chi connectivity index (χ1n) is 4.06. The van der Waals surface area contributed by atoms with Crippen LogP contribution in [0.2, 0.25) is 0 Å². The fourth-order valence-electron chi connectivity index (χ4n) is 0.634. The highest BCUT2D eigenvalue weighted by molar-refractivity contribution is 7.99. The van der Waals surface area contributed by atoms with Crippen LogP contribution in [-0.2, 0) is 4.74 Å². The van der Waals surface area contributed by atoms with Crippen molar-refractivity contribution in [3.63, 3.8) is 0 Å². The Bertz CT molecular complexity index is 80.5. The second kappa shape index (κ2) is 8.69. The Morgan fingerprint density at radius 3 is 2.82 bits per heavy atom. The maximum absolute atomic E-state index is 5.64. The largest absolute Gasteiger partial charge is 0.382 e. The Hall–Kier alpha value is 0.600. The Balaban J connectivity index is 2.89. The SMILES string of the molecule is CCOCCCSC(C)CCl. The molecule has 0 fully saturated rings. The van der Waals surface area contributed by atoms with Crippen molar-refractivity contribution in [2.75, 3.05) is 24.8 Å². The van der Waals surface area contributed by atoms with E-state index in [2.05, 4.69) is 6.92 Å². The summed E-state index contributed by atoms with van der Waals surface area (Å²) in [6.07, 6.45) is 1.14. The van der Waals surface area contributed by atoms with E-state index in [0.717, 1.165) is 31.3 Å². The minimum atomic E-state index is 0.582. The highest BCUT2D eigenvalue weighted by Gasteiger charge is 1.98. The molecular weight excluding hydrogens is 180 g/mol. The first kappa shape index (κ1) is 11.6. The van der Waals surface area contributed by atoms with Crippen LogP contribution in [0.1, 0.15) is 20.3 Å². The number of rotatable bonds is 7. The maximum Gasteiger partial charge on any atom is 0.0473 e. The van der Waals surface area contributed by atoms with Crippen LogP contribution >= 0.6 is 23.4 Å². The van der Waals surface area contributed by atoms with E-state index in [1.807, 2.05) is 18.7 Å². The number of ether oxygens (including phenoxy) is 1. The molecule has 0 rings (SSSR count). The predicted octanol–water partition coefficient (Wildman–Crippen LogP) is 2.77. The maximum atomic E-state index is 5.64. The molecule has 68 valence electrons. The molecule has 1 atom stereocenters. The van der Waals surface area contributed by atoms with Gasteiger partial charge in [-0.15, -0.1) is 11.6 Å². The normalized spacial score (nSPS) is 13.4. The van der Waals surface area contributed by atoms with Gasteiger partial charge >= 0.3 is 0 Å². The average molecular weight is 197 g/mol. The molecule has 0 radical (unpaired) electrons. The van der Waals surface area contributed by atoms with Gasteiger partial charge in [0.05, 0.1) is 0 Å². The molecule has 0 aromatic carbocycles. The summed E-state index contributed by atoms with van der Waals surface area (Å²) in [4.78, 5) is 0. The van der Waals surface area contributed by atoms with Gasteiger partial charge in [0, 0.05) is 24.3 Å². The van der Waals surface area contributed by atoms with Crippen molar-refractivity contribution in [1.82, 2.24) is 0 Å². The Kier molecular flexibility index (Phi) is 9.17. The molecule has 0 saturated heterocycles. The summed E-state index contributed by atoms with van der Waals surface area (Å²) in [6, 6.07) is 0. The monoisotopic (exact) mass is 196 g/mol. The van der Waals surface area contributed by atoms with Crippen LogP contribution in [0.4, 0.5) is 0 Å². The third-order valence-electron chi connectivity index (χ3n) is 1.26. The summed E-state index contributed by atoms with van der Waals surface area (Å²) >= 11 is 7.55. The summed E-state index contributed by atoms with van der Waals surface area (Å²) in [7, 11) is 0. The van der Waals surface area contributed by atoms with Crippen LogP contribution in [0, 0.1) is 0 Å². The Morgan fingerprint density at radius 1 is 1.55 bits per heavy atom. The Morgan fingerprint density at radius 2 is 2.27 bits per heavy atom. The molecule has 0 aliphatic heterocycles. The van der Waals surface area contributed by atoms with E-state index in [1.54, 1.807) is 0 Å². The first-order chi connectivity index (χ1) is 5.31. The van der Waals surface area contributed by atoms with Gasteiger partial charge in [0.15, 0.2) is 0 Å². The van der Waals surface area contributed by atoms with Crippen molar-refractivity contribution in [3.8, 4) is 0 Å². The first-order valence-corrected chi connectivity index (χ1v) is 5.64. The fourth-order valence-corrected chi connectivity index (χ4v) is 1.68. The van der Waals surface area contributed by atoms with E-state index >= 15 is 0 Å². The smallest absolute Gasteiger partial charge is 0.0473 e. The topological polar surface area (TPSA) is 9.23 Å². The van der Waals surface area contributed by atoms with Crippen LogP contribution in [0.5, 0.6) is 0 Å². The van der Waals surface area contributed by atoms with E-state index in [4.69, 9.17) is 16.3 Å². The summed E-state index contributed by atoms with van der Waals surface area (Å²) in [5.74, 6) is 1.91. The van der Waals surface area contributed by atoms with E-state index in [0.29, 0.717) is 5.25 Å². The number of hydrogen-bond acceptors (Lipinski definition) is 2. The number of halogens is 1. The van der Waals surface area contributed by atoms with Crippen LogP contribution in [-0.4, -0.2) is 30.1 Å². The van der Waals surface area contributed by atoms with Gasteiger partial charge in [0.25, 0.3) is 0 Å². The zero-order chi connectivity index (χ0) is 8.53. The standard InChI is InChI=1S/C8H17ClOS/c1-3-10-5-4-6-11-8(2)7-9/h8H,3-7H2,1-2H3. The zero-order valence-electron chi connectivity index (χ0n) is 7.31. The van der Waals surface area contributed by atoms with Crippen molar-refractivity contribution >= 4 is 23.4 Å². The van der Waals surface area contributed by atoms with E-state index in [1.165, 1.54) is 0 Å².